The van der Waals surface area contributed by atoms with Crippen molar-refractivity contribution in [3.05, 3.63) is 35.9 Å². The predicted molar refractivity (Wildman–Crippen MR) is 88.5 cm³/mol. The fourth-order valence-corrected chi connectivity index (χ4v) is 3.42. The van der Waals surface area contributed by atoms with E-state index >= 15 is 0 Å². The molecule has 0 radical (unpaired) electrons. The molecule has 0 aromatic heterocycles. The van der Waals surface area contributed by atoms with E-state index in [0.717, 1.165) is 31.6 Å². The Morgan fingerprint density at radius 1 is 1.35 bits per heavy atom. The van der Waals surface area contributed by atoms with Gasteiger partial charge in [-0.15, -0.1) is 0 Å². The average molecular weight is 318 g/mol. The molecule has 2 fully saturated rings. The van der Waals surface area contributed by atoms with Gasteiger partial charge in [0.1, 0.15) is 12.2 Å². The van der Waals surface area contributed by atoms with Gasteiger partial charge in [-0.3, -0.25) is 4.79 Å². The molecule has 5 nitrogen and oxygen atoms in total. The molecule has 0 saturated carbocycles. The second-order valence-electron chi connectivity index (χ2n) is 6.58. The zero-order valence-electron chi connectivity index (χ0n) is 14.0. The first-order valence-corrected chi connectivity index (χ1v) is 8.41. The highest BCUT2D eigenvalue weighted by molar-refractivity contribution is 5.94. The number of hydrogen-bond acceptors (Lipinski definition) is 4. The first kappa shape index (κ1) is 16.4. The lowest BCUT2D eigenvalue weighted by atomic mass is 10.0. The van der Waals surface area contributed by atoms with Crippen LogP contribution in [0.25, 0.3) is 0 Å². The third-order valence-corrected chi connectivity index (χ3v) is 4.63. The van der Waals surface area contributed by atoms with Crippen molar-refractivity contribution in [3.63, 3.8) is 0 Å². The molecule has 0 N–H and O–H groups in total. The number of likely N-dealkylation sites (tertiary alicyclic amines) is 1. The van der Waals surface area contributed by atoms with Crippen molar-refractivity contribution < 1.29 is 14.3 Å². The molecule has 2 aliphatic rings. The summed E-state index contributed by atoms with van der Waals surface area (Å²) in [6.45, 7) is 2.93. The van der Waals surface area contributed by atoms with Gasteiger partial charge in [0.25, 0.3) is 5.91 Å². The Bertz CT molecular complexity index is 520. The van der Waals surface area contributed by atoms with Crippen molar-refractivity contribution in [2.45, 2.75) is 31.1 Å². The van der Waals surface area contributed by atoms with Crippen LogP contribution in [0.4, 0.5) is 0 Å². The highest BCUT2D eigenvalue weighted by Gasteiger charge is 2.46. The van der Waals surface area contributed by atoms with E-state index in [1.54, 1.807) is 0 Å². The zero-order valence-corrected chi connectivity index (χ0v) is 14.0. The molecule has 5 heteroatoms. The van der Waals surface area contributed by atoms with Crippen LogP contribution in [0, 0.1) is 0 Å². The molecule has 3 atom stereocenters. The van der Waals surface area contributed by atoms with E-state index in [4.69, 9.17) is 9.47 Å². The molecular formula is C18H26N2O3. The summed E-state index contributed by atoms with van der Waals surface area (Å²) in [6, 6.07) is 9.64. The summed E-state index contributed by atoms with van der Waals surface area (Å²) in [5.41, 5.74) is 0.741. The van der Waals surface area contributed by atoms with Gasteiger partial charge in [0.2, 0.25) is 0 Å². The standard InChI is InChI=1S/C18H26N2O3/c1-19(2)10-12-22-16-13-20(15-9-6-11-23-17(15)16)18(21)14-7-4-3-5-8-14/h3-5,7-8,15-17H,6,9-13H2,1-2H3/t15-,16+,17+/m0/s1. The van der Waals surface area contributed by atoms with E-state index in [9.17, 15) is 4.79 Å². The summed E-state index contributed by atoms with van der Waals surface area (Å²) in [4.78, 5) is 16.9. The van der Waals surface area contributed by atoms with Gasteiger partial charge in [0.05, 0.1) is 19.2 Å². The number of carbonyl (C=O) groups excluding carboxylic acids is 1. The summed E-state index contributed by atoms with van der Waals surface area (Å²) in [7, 11) is 4.06. The number of benzene rings is 1. The van der Waals surface area contributed by atoms with Crippen LogP contribution in [0.15, 0.2) is 30.3 Å². The van der Waals surface area contributed by atoms with E-state index < -0.39 is 0 Å². The maximum absolute atomic E-state index is 12.8. The third kappa shape index (κ3) is 3.74. The molecule has 0 spiro atoms. The zero-order chi connectivity index (χ0) is 16.2. The minimum absolute atomic E-state index is 0.0126. The molecule has 0 unspecified atom stereocenters. The van der Waals surface area contributed by atoms with Gasteiger partial charge < -0.3 is 19.3 Å². The van der Waals surface area contributed by atoms with Crippen molar-refractivity contribution in [1.82, 2.24) is 9.80 Å². The van der Waals surface area contributed by atoms with Gasteiger partial charge in [-0.25, -0.2) is 0 Å². The van der Waals surface area contributed by atoms with Crippen LogP contribution in [-0.2, 0) is 9.47 Å². The lowest BCUT2D eigenvalue weighted by molar-refractivity contribution is -0.0776. The molecule has 2 saturated heterocycles. The summed E-state index contributed by atoms with van der Waals surface area (Å²) in [5.74, 6) is 0.0878. The van der Waals surface area contributed by atoms with Crippen LogP contribution in [0.1, 0.15) is 23.2 Å². The van der Waals surface area contributed by atoms with E-state index in [0.29, 0.717) is 13.2 Å². The van der Waals surface area contributed by atoms with Crippen LogP contribution >= 0.6 is 0 Å². The minimum Gasteiger partial charge on any atom is -0.373 e. The van der Waals surface area contributed by atoms with Gasteiger partial charge >= 0.3 is 0 Å². The fourth-order valence-electron chi connectivity index (χ4n) is 3.42. The Balaban J connectivity index is 1.69. The quantitative estimate of drug-likeness (QED) is 0.828. The maximum atomic E-state index is 12.8. The number of carbonyl (C=O) groups is 1. The second kappa shape index (κ2) is 7.43. The van der Waals surface area contributed by atoms with Gasteiger partial charge in [0, 0.05) is 18.7 Å². The third-order valence-electron chi connectivity index (χ3n) is 4.63. The number of amides is 1. The number of hydrogen-bond donors (Lipinski definition) is 0. The summed E-state index contributed by atoms with van der Waals surface area (Å²) in [6.07, 6.45) is 1.99. The number of nitrogens with zero attached hydrogens (tertiary/aromatic N) is 2. The van der Waals surface area contributed by atoms with Gasteiger partial charge in [-0.2, -0.15) is 0 Å². The molecular weight excluding hydrogens is 292 g/mol. The summed E-state index contributed by atoms with van der Waals surface area (Å²) in [5, 5.41) is 0. The Morgan fingerprint density at radius 2 is 2.13 bits per heavy atom. The van der Waals surface area contributed by atoms with Crippen LogP contribution < -0.4 is 0 Å². The molecule has 2 heterocycles. The van der Waals surface area contributed by atoms with Crippen LogP contribution in [-0.4, -0.2) is 74.4 Å². The molecule has 0 bridgehead atoms. The van der Waals surface area contributed by atoms with Crippen molar-refractivity contribution in [3.8, 4) is 0 Å². The predicted octanol–water partition coefficient (Wildman–Crippen LogP) is 1.64. The van der Waals surface area contributed by atoms with Crippen molar-refractivity contribution in [2.75, 3.05) is 40.4 Å². The number of likely N-dealkylation sites (N-methyl/N-ethyl adjacent to an activating group) is 1. The monoisotopic (exact) mass is 318 g/mol. The van der Waals surface area contributed by atoms with Crippen LogP contribution in [0.3, 0.4) is 0 Å². The topological polar surface area (TPSA) is 42.0 Å². The highest BCUT2D eigenvalue weighted by atomic mass is 16.5. The van der Waals surface area contributed by atoms with Gasteiger partial charge in [-0.1, -0.05) is 18.2 Å². The Labute approximate surface area is 138 Å². The molecule has 1 aromatic carbocycles. The fraction of sp³-hybridized carbons (Fsp3) is 0.611. The molecule has 2 aliphatic heterocycles. The smallest absolute Gasteiger partial charge is 0.254 e. The largest absolute Gasteiger partial charge is 0.373 e. The molecule has 3 rings (SSSR count). The van der Waals surface area contributed by atoms with E-state index in [-0.39, 0.29) is 24.2 Å². The van der Waals surface area contributed by atoms with Crippen molar-refractivity contribution >= 4 is 5.91 Å². The summed E-state index contributed by atoms with van der Waals surface area (Å²) >= 11 is 0. The van der Waals surface area contributed by atoms with E-state index in [1.807, 2.05) is 49.3 Å². The second-order valence-corrected chi connectivity index (χ2v) is 6.58. The lowest BCUT2D eigenvalue weighted by Gasteiger charge is -2.32. The molecule has 1 aromatic rings. The molecule has 126 valence electrons. The summed E-state index contributed by atoms with van der Waals surface area (Å²) < 4.78 is 12.0. The minimum atomic E-state index is -0.0205. The van der Waals surface area contributed by atoms with Gasteiger partial charge in [-0.05, 0) is 39.1 Å². The number of rotatable bonds is 5. The van der Waals surface area contributed by atoms with Gasteiger partial charge in [0.15, 0.2) is 0 Å². The Kier molecular flexibility index (Phi) is 5.30. The van der Waals surface area contributed by atoms with Crippen molar-refractivity contribution in [2.24, 2.45) is 0 Å². The van der Waals surface area contributed by atoms with Crippen LogP contribution in [0.2, 0.25) is 0 Å². The molecule has 1 amide bonds. The first-order valence-electron chi connectivity index (χ1n) is 8.41. The van der Waals surface area contributed by atoms with E-state index in [2.05, 4.69) is 4.90 Å². The maximum Gasteiger partial charge on any atom is 0.254 e. The lowest BCUT2D eigenvalue weighted by Crippen LogP contribution is -2.44. The molecule has 0 aliphatic carbocycles. The Morgan fingerprint density at radius 3 is 2.87 bits per heavy atom. The normalized spacial score (nSPS) is 27.3. The highest BCUT2D eigenvalue weighted by Crippen LogP contribution is 2.31. The SMILES string of the molecule is CN(C)CCO[C@@H]1CN(C(=O)c2ccccc2)[C@H]2CCCO[C@@H]12. The Hall–Kier alpha value is -1.43. The van der Waals surface area contributed by atoms with Crippen LogP contribution in [0.5, 0.6) is 0 Å². The van der Waals surface area contributed by atoms with E-state index in [1.165, 1.54) is 0 Å². The number of fused-ring (bicyclic) bond motifs is 1. The average Bonchev–Trinajstić information content (AvgIpc) is 2.94. The van der Waals surface area contributed by atoms with Crippen molar-refractivity contribution in [1.29, 1.82) is 0 Å². The molecule has 23 heavy (non-hydrogen) atoms. The first-order chi connectivity index (χ1) is 11.2. The number of ether oxygens (including phenoxy) is 2.